The number of nitrogens with zero attached hydrogens (tertiary/aromatic N) is 4. The van der Waals surface area contributed by atoms with Gasteiger partial charge in [-0.1, -0.05) is 13.0 Å². The summed E-state index contributed by atoms with van der Waals surface area (Å²) in [5.41, 5.74) is 3.22. The first kappa shape index (κ1) is 21.2. The molecule has 0 radical (unpaired) electrons. The number of amides is 2. The molecule has 0 saturated carbocycles. The molecule has 2 amide bonds. The molecule has 164 valence electrons. The third-order valence-corrected chi connectivity index (χ3v) is 7.07. The lowest BCUT2D eigenvalue weighted by molar-refractivity contribution is -0.132. The Bertz CT molecular complexity index is 777. The summed E-state index contributed by atoms with van der Waals surface area (Å²) in [6.45, 7) is 14.0. The smallest absolute Gasteiger partial charge is 0.254 e. The fourth-order valence-electron chi connectivity index (χ4n) is 5.07. The van der Waals surface area contributed by atoms with E-state index in [1.54, 1.807) is 0 Å². The zero-order valence-corrected chi connectivity index (χ0v) is 18.8. The Morgan fingerprint density at radius 1 is 1.07 bits per heavy atom. The Balaban J connectivity index is 1.28. The zero-order valence-electron chi connectivity index (χ0n) is 18.8. The lowest BCUT2D eigenvalue weighted by Gasteiger charge is -2.39. The first-order chi connectivity index (χ1) is 14.5. The molecule has 3 heterocycles. The van der Waals surface area contributed by atoms with Gasteiger partial charge >= 0.3 is 0 Å². The number of anilines is 1. The van der Waals surface area contributed by atoms with Crippen LogP contribution < -0.4 is 4.90 Å². The van der Waals surface area contributed by atoms with Gasteiger partial charge in [0.1, 0.15) is 0 Å². The molecule has 30 heavy (non-hydrogen) atoms. The summed E-state index contributed by atoms with van der Waals surface area (Å²) in [6, 6.07) is 6.68. The quantitative estimate of drug-likeness (QED) is 0.746. The predicted molar refractivity (Wildman–Crippen MR) is 120 cm³/mol. The van der Waals surface area contributed by atoms with E-state index in [1.807, 2.05) is 16.7 Å². The molecule has 0 atom stereocenters. The second-order valence-corrected chi connectivity index (χ2v) is 9.33. The number of benzene rings is 1. The number of piperazine rings is 1. The first-order valence-corrected chi connectivity index (χ1v) is 11.6. The van der Waals surface area contributed by atoms with Crippen molar-refractivity contribution in [1.82, 2.24) is 14.7 Å². The lowest BCUT2D eigenvalue weighted by atomic mass is 9.95. The van der Waals surface area contributed by atoms with Gasteiger partial charge in [-0.05, 0) is 50.3 Å². The molecular weight excluding hydrogens is 376 g/mol. The highest BCUT2D eigenvalue weighted by atomic mass is 16.2. The number of rotatable bonds is 5. The van der Waals surface area contributed by atoms with Crippen molar-refractivity contribution in [1.29, 1.82) is 0 Å². The summed E-state index contributed by atoms with van der Waals surface area (Å²) in [5.74, 6) is 1.18. The van der Waals surface area contributed by atoms with Crippen molar-refractivity contribution >= 4 is 17.5 Å². The molecule has 0 bridgehead atoms. The normalized spacial score (nSPS) is 20.9. The molecule has 2 saturated heterocycles. The van der Waals surface area contributed by atoms with Crippen LogP contribution >= 0.6 is 0 Å². The van der Waals surface area contributed by atoms with Crippen LogP contribution in [0.1, 0.15) is 56.0 Å². The molecule has 0 N–H and O–H groups in total. The summed E-state index contributed by atoms with van der Waals surface area (Å²) in [7, 11) is 0. The van der Waals surface area contributed by atoms with Crippen LogP contribution in [0.25, 0.3) is 0 Å². The van der Waals surface area contributed by atoms with Crippen LogP contribution in [0.4, 0.5) is 5.69 Å². The number of piperidine rings is 1. The van der Waals surface area contributed by atoms with Gasteiger partial charge in [-0.15, -0.1) is 0 Å². The summed E-state index contributed by atoms with van der Waals surface area (Å²) in [4.78, 5) is 33.6. The summed E-state index contributed by atoms with van der Waals surface area (Å²) < 4.78 is 0. The van der Waals surface area contributed by atoms with Crippen molar-refractivity contribution in [2.45, 2.75) is 52.6 Å². The van der Waals surface area contributed by atoms with Gasteiger partial charge in [-0.3, -0.25) is 14.5 Å². The third-order valence-electron chi connectivity index (χ3n) is 7.07. The van der Waals surface area contributed by atoms with Gasteiger partial charge < -0.3 is 14.7 Å². The van der Waals surface area contributed by atoms with Crippen molar-refractivity contribution < 1.29 is 9.59 Å². The molecule has 6 heteroatoms. The summed E-state index contributed by atoms with van der Waals surface area (Å²) in [5, 5.41) is 0. The van der Waals surface area contributed by atoms with Gasteiger partial charge in [0.05, 0.1) is 0 Å². The maximum absolute atomic E-state index is 12.7. The minimum atomic E-state index is 0.174. The van der Waals surface area contributed by atoms with Gasteiger partial charge in [0.15, 0.2) is 0 Å². The molecule has 3 aliphatic heterocycles. The lowest BCUT2D eigenvalue weighted by Crippen LogP contribution is -2.49. The largest absolute Gasteiger partial charge is 0.369 e. The van der Waals surface area contributed by atoms with Gasteiger partial charge in [-0.25, -0.2) is 0 Å². The summed E-state index contributed by atoms with van der Waals surface area (Å²) >= 11 is 0. The second kappa shape index (κ2) is 8.96. The maximum Gasteiger partial charge on any atom is 0.254 e. The highest BCUT2D eigenvalue weighted by molar-refractivity contribution is 5.99. The Labute approximate surface area is 180 Å². The van der Waals surface area contributed by atoms with Crippen molar-refractivity contribution in [3.05, 3.63) is 29.3 Å². The molecule has 0 unspecified atom stereocenters. The van der Waals surface area contributed by atoms with E-state index < -0.39 is 0 Å². The standard InChI is InChI=1S/C24H36N4O2/c1-4-23(29)27-9-7-19(8-10-27)16-25-11-13-26(14-12-25)21-6-5-20-17-28(18(2)3)24(30)22(20)15-21/h5-6,15,18-19H,4,7-14,16-17H2,1-3H3. The number of hydrogen-bond acceptors (Lipinski definition) is 4. The Kier molecular flexibility index (Phi) is 6.32. The van der Waals surface area contributed by atoms with Crippen molar-refractivity contribution in [2.24, 2.45) is 5.92 Å². The van der Waals surface area contributed by atoms with Crippen LogP contribution in [-0.4, -0.2) is 78.4 Å². The van der Waals surface area contributed by atoms with E-state index in [2.05, 4.69) is 41.8 Å². The molecule has 0 spiro atoms. The topological polar surface area (TPSA) is 47.1 Å². The highest BCUT2D eigenvalue weighted by Crippen LogP contribution is 2.29. The number of carbonyl (C=O) groups excluding carboxylic acids is 2. The Morgan fingerprint density at radius 3 is 2.40 bits per heavy atom. The minimum absolute atomic E-state index is 0.174. The van der Waals surface area contributed by atoms with Crippen molar-refractivity contribution in [3.63, 3.8) is 0 Å². The number of likely N-dealkylation sites (tertiary alicyclic amines) is 1. The van der Waals surface area contributed by atoms with Crippen molar-refractivity contribution in [2.75, 3.05) is 50.7 Å². The van der Waals surface area contributed by atoms with E-state index >= 15 is 0 Å². The van der Waals surface area contributed by atoms with E-state index in [4.69, 9.17) is 0 Å². The molecule has 4 rings (SSSR count). The molecule has 2 fully saturated rings. The number of fused-ring (bicyclic) bond motifs is 1. The summed E-state index contributed by atoms with van der Waals surface area (Å²) in [6.07, 6.45) is 2.88. The van der Waals surface area contributed by atoms with Crippen LogP contribution in [-0.2, 0) is 11.3 Å². The molecule has 6 nitrogen and oxygen atoms in total. The first-order valence-electron chi connectivity index (χ1n) is 11.6. The molecular formula is C24H36N4O2. The molecule has 3 aliphatic rings. The highest BCUT2D eigenvalue weighted by Gasteiger charge is 2.30. The van der Waals surface area contributed by atoms with Gasteiger partial charge in [0.2, 0.25) is 5.91 Å². The van der Waals surface area contributed by atoms with E-state index in [-0.39, 0.29) is 11.9 Å². The maximum atomic E-state index is 12.7. The van der Waals surface area contributed by atoms with E-state index in [1.165, 1.54) is 5.69 Å². The minimum Gasteiger partial charge on any atom is -0.369 e. The van der Waals surface area contributed by atoms with Gasteiger partial charge in [0, 0.05) is 76.1 Å². The Morgan fingerprint density at radius 2 is 1.77 bits per heavy atom. The van der Waals surface area contributed by atoms with Crippen LogP contribution in [0.2, 0.25) is 0 Å². The van der Waals surface area contributed by atoms with Crippen LogP contribution in [0.5, 0.6) is 0 Å². The van der Waals surface area contributed by atoms with Crippen LogP contribution in [0, 0.1) is 5.92 Å². The number of hydrogen-bond donors (Lipinski definition) is 0. The molecule has 0 aliphatic carbocycles. The van der Waals surface area contributed by atoms with Gasteiger partial charge in [0.25, 0.3) is 5.91 Å². The van der Waals surface area contributed by atoms with E-state index in [0.717, 1.165) is 76.3 Å². The van der Waals surface area contributed by atoms with Crippen molar-refractivity contribution in [3.8, 4) is 0 Å². The molecule has 1 aromatic rings. The Hall–Kier alpha value is -2.08. The fraction of sp³-hybridized carbons (Fsp3) is 0.667. The van der Waals surface area contributed by atoms with Gasteiger partial charge in [-0.2, -0.15) is 0 Å². The molecule has 0 aromatic heterocycles. The fourth-order valence-corrected chi connectivity index (χ4v) is 5.07. The van der Waals surface area contributed by atoms with E-state index in [0.29, 0.717) is 18.2 Å². The SMILES string of the molecule is CCC(=O)N1CCC(CN2CCN(c3ccc4c(c3)C(=O)N(C(C)C)C4)CC2)CC1. The average Bonchev–Trinajstić information content (AvgIpc) is 3.10. The van der Waals surface area contributed by atoms with E-state index in [9.17, 15) is 9.59 Å². The zero-order chi connectivity index (χ0) is 21.3. The average molecular weight is 413 g/mol. The third kappa shape index (κ3) is 4.34. The molecule has 1 aromatic carbocycles. The van der Waals surface area contributed by atoms with Crippen LogP contribution in [0.3, 0.4) is 0 Å². The predicted octanol–water partition coefficient (Wildman–Crippen LogP) is 2.82. The second-order valence-electron chi connectivity index (χ2n) is 9.33. The van der Waals surface area contributed by atoms with Crippen LogP contribution in [0.15, 0.2) is 18.2 Å². The monoisotopic (exact) mass is 412 g/mol. The number of carbonyl (C=O) groups is 2.